The molecule has 0 radical (unpaired) electrons. The molecule has 18 heavy (non-hydrogen) atoms. The lowest BCUT2D eigenvalue weighted by Gasteiger charge is -2.09. The van der Waals surface area contributed by atoms with Crippen molar-refractivity contribution >= 4 is 11.7 Å². The summed E-state index contributed by atoms with van der Waals surface area (Å²) in [4.78, 5) is 21.5. The summed E-state index contributed by atoms with van der Waals surface area (Å²) in [5.41, 5.74) is 0.913. The van der Waals surface area contributed by atoms with E-state index in [1.807, 2.05) is 0 Å². The third-order valence-electron chi connectivity index (χ3n) is 2.47. The van der Waals surface area contributed by atoms with E-state index in [0.717, 1.165) is 0 Å². The molecule has 0 aliphatic carbocycles. The summed E-state index contributed by atoms with van der Waals surface area (Å²) in [6.07, 6.45) is 0.233. The van der Waals surface area contributed by atoms with Crippen LogP contribution in [0.5, 0.6) is 5.75 Å². The van der Waals surface area contributed by atoms with E-state index in [2.05, 4.69) is 0 Å². The minimum absolute atomic E-state index is 0.0720. The van der Waals surface area contributed by atoms with Crippen molar-refractivity contribution in [3.8, 4) is 5.75 Å². The fourth-order valence-electron chi connectivity index (χ4n) is 1.48. The fourth-order valence-corrected chi connectivity index (χ4v) is 1.48. The van der Waals surface area contributed by atoms with Gasteiger partial charge in [0.05, 0.1) is 17.6 Å². The number of rotatable bonds is 5. The molecule has 0 fully saturated rings. The molecule has 0 saturated carbocycles. The number of nitro groups is 1. The fraction of sp³-hybridized carbons (Fsp3) is 0.417. The number of carbonyl (C=O) groups excluding carboxylic acids is 1. The van der Waals surface area contributed by atoms with E-state index in [4.69, 9.17) is 9.47 Å². The molecule has 0 amide bonds. The standard InChI is InChI=1S/C12H15NO5/c1-4-12(14)18-7-9-6-11(17-3)8(2)5-10(9)13(15)16/h5-6H,4,7H2,1-3H3. The van der Waals surface area contributed by atoms with Crippen LogP contribution in [0, 0.1) is 17.0 Å². The van der Waals surface area contributed by atoms with Gasteiger partial charge in [0, 0.05) is 12.5 Å². The topological polar surface area (TPSA) is 78.7 Å². The minimum Gasteiger partial charge on any atom is -0.496 e. The summed E-state index contributed by atoms with van der Waals surface area (Å²) in [5, 5.41) is 10.9. The molecule has 6 heteroatoms. The minimum atomic E-state index is -0.498. The van der Waals surface area contributed by atoms with Gasteiger partial charge in [-0.1, -0.05) is 6.92 Å². The molecule has 0 bridgehead atoms. The van der Waals surface area contributed by atoms with Crippen molar-refractivity contribution in [1.29, 1.82) is 0 Å². The highest BCUT2D eigenvalue weighted by Crippen LogP contribution is 2.28. The van der Waals surface area contributed by atoms with E-state index in [-0.39, 0.29) is 18.7 Å². The van der Waals surface area contributed by atoms with Gasteiger partial charge in [-0.3, -0.25) is 14.9 Å². The molecular formula is C12H15NO5. The molecule has 0 atom stereocenters. The molecule has 0 N–H and O–H groups in total. The van der Waals surface area contributed by atoms with Gasteiger partial charge in [0.2, 0.25) is 0 Å². The Balaban J connectivity index is 3.06. The number of aryl methyl sites for hydroxylation is 1. The first-order valence-electron chi connectivity index (χ1n) is 5.47. The Kier molecular flexibility index (Phi) is 4.65. The maximum atomic E-state index is 11.1. The molecular weight excluding hydrogens is 238 g/mol. The first kappa shape index (κ1) is 14.0. The van der Waals surface area contributed by atoms with Crippen molar-refractivity contribution < 1.29 is 19.2 Å². The molecule has 0 aliphatic heterocycles. The van der Waals surface area contributed by atoms with Crippen molar-refractivity contribution in [2.45, 2.75) is 26.9 Å². The second-order valence-electron chi connectivity index (χ2n) is 3.72. The van der Waals surface area contributed by atoms with E-state index < -0.39 is 10.9 Å². The number of nitro benzene ring substituents is 1. The lowest BCUT2D eigenvalue weighted by Crippen LogP contribution is -2.05. The quantitative estimate of drug-likeness (QED) is 0.457. The van der Waals surface area contributed by atoms with Gasteiger partial charge in [-0.05, 0) is 18.6 Å². The van der Waals surface area contributed by atoms with E-state index in [1.54, 1.807) is 13.8 Å². The van der Waals surface area contributed by atoms with Crippen LogP contribution >= 0.6 is 0 Å². The molecule has 1 aromatic rings. The maximum Gasteiger partial charge on any atom is 0.305 e. The van der Waals surface area contributed by atoms with Gasteiger partial charge in [-0.25, -0.2) is 0 Å². The molecule has 6 nitrogen and oxygen atoms in total. The Bertz CT molecular complexity index is 470. The van der Waals surface area contributed by atoms with Crippen molar-refractivity contribution in [3.63, 3.8) is 0 Å². The highest BCUT2D eigenvalue weighted by molar-refractivity contribution is 5.69. The van der Waals surface area contributed by atoms with Crippen LogP contribution in [0.15, 0.2) is 12.1 Å². The third kappa shape index (κ3) is 3.19. The van der Waals surface area contributed by atoms with Gasteiger partial charge >= 0.3 is 5.97 Å². The number of hydrogen-bond donors (Lipinski definition) is 0. The van der Waals surface area contributed by atoms with Crippen LogP contribution in [0.25, 0.3) is 0 Å². The molecule has 0 aliphatic rings. The largest absolute Gasteiger partial charge is 0.496 e. The maximum absolute atomic E-state index is 11.1. The van der Waals surface area contributed by atoms with Crippen LogP contribution in [0.2, 0.25) is 0 Å². The van der Waals surface area contributed by atoms with Crippen LogP contribution in [0.4, 0.5) is 5.69 Å². The van der Waals surface area contributed by atoms with Gasteiger partial charge in [-0.2, -0.15) is 0 Å². The predicted molar refractivity (Wildman–Crippen MR) is 64.5 cm³/mol. The van der Waals surface area contributed by atoms with Crippen LogP contribution in [-0.2, 0) is 16.1 Å². The van der Waals surface area contributed by atoms with Gasteiger partial charge < -0.3 is 9.47 Å². The van der Waals surface area contributed by atoms with Crippen molar-refractivity contribution in [2.75, 3.05) is 7.11 Å². The highest BCUT2D eigenvalue weighted by Gasteiger charge is 2.18. The molecule has 98 valence electrons. The first-order chi connectivity index (χ1) is 8.49. The van der Waals surface area contributed by atoms with Gasteiger partial charge in [0.25, 0.3) is 5.69 Å². The Hall–Kier alpha value is -2.11. The smallest absolute Gasteiger partial charge is 0.305 e. The van der Waals surface area contributed by atoms with Gasteiger partial charge in [0.15, 0.2) is 0 Å². The summed E-state index contributed by atoms with van der Waals surface area (Å²) >= 11 is 0. The summed E-state index contributed by atoms with van der Waals surface area (Å²) in [7, 11) is 1.48. The number of hydrogen-bond acceptors (Lipinski definition) is 5. The zero-order chi connectivity index (χ0) is 13.7. The molecule has 0 unspecified atom stereocenters. The first-order valence-corrected chi connectivity index (χ1v) is 5.47. The number of benzene rings is 1. The van der Waals surface area contributed by atoms with Crippen molar-refractivity contribution in [3.05, 3.63) is 33.4 Å². The number of ether oxygens (including phenoxy) is 2. The second kappa shape index (κ2) is 6.00. The lowest BCUT2D eigenvalue weighted by molar-refractivity contribution is -0.385. The summed E-state index contributed by atoms with van der Waals surface area (Å²) in [6, 6.07) is 2.93. The van der Waals surface area contributed by atoms with E-state index in [1.165, 1.54) is 19.2 Å². The van der Waals surface area contributed by atoms with Crippen LogP contribution in [-0.4, -0.2) is 18.0 Å². The molecule has 1 aromatic carbocycles. The molecule has 1 rings (SSSR count). The average Bonchev–Trinajstić information content (AvgIpc) is 2.36. The van der Waals surface area contributed by atoms with Crippen LogP contribution < -0.4 is 4.74 Å². The SMILES string of the molecule is CCC(=O)OCc1cc(OC)c(C)cc1[N+](=O)[O-]. The monoisotopic (exact) mass is 253 g/mol. The predicted octanol–water partition coefficient (Wildman–Crippen LogP) is 2.37. The second-order valence-corrected chi connectivity index (χ2v) is 3.72. The van der Waals surface area contributed by atoms with E-state index in [9.17, 15) is 14.9 Å². The molecule has 0 aromatic heterocycles. The number of esters is 1. The Morgan fingerprint density at radius 1 is 1.44 bits per heavy atom. The molecule has 0 saturated heterocycles. The van der Waals surface area contributed by atoms with Crippen LogP contribution in [0.3, 0.4) is 0 Å². The third-order valence-corrected chi connectivity index (χ3v) is 2.47. The lowest BCUT2D eigenvalue weighted by atomic mass is 10.1. The van der Waals surface area contributed by atoms with E-state index in [0.29, 0.717) is 16.9 Å². The number of carbonyl (C=O) groups is 1. The van der Waals surface area contributed by atoms with Gasteiger partial charge in [0.1, 0.15) is 12.4 Å². The van der Waals surface area contributed by atoms with Crippen molar-refractivity contribution in [1.82, 2.24) is 0 Å². The summed E-state index contributed by atoms with van der Waals surface area (Å²) < 4.78 is 10.00. The zero-order valence-corrected chi connectivity index (χ0v) is 10.6. The van der Waals surface area contributed by atoms with Crippen molar-refractivity contribution in [2.24, 2.45) is 0 Å². The molecule has 0 heterocycles. The normalized spacial score (nSPS) is 9.94. The summed E-state index contributed by atoms with van der Waals surface area (Å²) in [6.45, 7) is 3.25. The average molecular weight is 253 g/mol. The van der Waals surface area contributed by atoms with Crippen LogP contribution in [0.1, 0.15) is 24.5 Å². The summed E-state index contributed by atoms with van der Waals surface area (Å²) in [5.74, 6) is 0.131. The molecule has 0 spiro atoms. The zero-order valence-electron chi connectivity index (χ0n) is 10.6. The number of methoxy groups -OCH3 is 1. The highest BCUT2D eigenvalue weighted by atomic mass is 16.6. The Labute approximate surface area is 105 Å². The Morgan fingerprint density at radius 3 is 2.61 bits per heavy atom. The van der Waals surface area contributed by atoms with Gasteiger partial charge in [-0.15, -0.1) is 0 Å². The number of nitrogens with zero attached hydrogens (tertiary/aromatic N) is 1. The van der Waals surface area contributed by atoms with E-state index >= 15 is 0 Å². The Morgan fingerprint density at radius 2 is 2.11 bits per heavy atom.